The predicted octanol–water partition coefficient (Wildman–Crippen LogP) is 3.60. The topological polar surface area (TPSA) is 56.1 Å². The van der Waals surface area contributed by atoms with Crippen molar-refractivity contribution in [2.75, 3.05) is 0 Å². The van der Waals surface area contributed by atoms with Crippen LogP contribution in [0.2, 0.25) is 0 Å². The second-order valence-corrected chi connectivity index (χ2v) is 7.78. The van der Waals surface area contributed by atoms with Crippen LogP contribution in [0.15, 0.2) is 53.4 Å². The van der Waals surface area contributed by atoms with Gasteiger partial charge in [0.1, 0.15) is 5.69 Å². The zero-order valence-electron chi connectivity index (χ0n) is 11.7. The number of fused-ring (bicyclic) bond motifs is 1. The molecule has 0 saturated carbocycles. The number of aryl methyl sites for hydroxylation is 1. The van der Waals surface area contributed by atoms with Gasteiger partial charge in [-0.25, -0.2) is 12.4 Å². The minimum Gasteiger partial charge on any atom is -0.296 e. The summed E-state index contributed by atoms with van der Waals surface area (Å²) in [4.78, 5) is 11.6. The highest BCUT2D eigenvalue weighted by atomic mass is 127. The minimum atomic E-state index is -3.82. The molecule has 0 fully saturated rings. The third-order valence-electron chi connectivity index (χ3n) is 3.47. The summed E-state index contributed by atoms with van der Waals surface area (Å²) < 4.78 is 27.7. The van der Waals surface area contributed by atoms with Gasteiger partial charge in [0.05, 0.1) is 14.0 Å². The van der Waals surface area contributed by atoms with E-state index in [1.807, 2.05) is 41.6 Å². The lowest BCUT2D eigenvalue weighted by Gasteiger charge is -2.09. The van der Waals surface area contributed by atoms with E-state index in [1.54, 1.807) is 36.4 Å². The second kappa shape index (κ2) is 5.51. The molecule has 0 spiro atoms. The van der Waals surface area contributed by atoms with Crippen LogP contribution in [0.4, 0.5) is 0 Å². The Morgan fingerprint density at radius 1 is 1.05 bits per heavy atom. The summed E-state index contributed by atoms with van der Waals surface area (Å²) in [6.45, 7) is 1.89. The lowest BCUT2D eigenvalue weighted by atomic mass is 10.2. The summed E-state index contributed by atoms with van der Waals surface area (Å²) in [5, 5.41) is 0.751. The van der Waals surface area contributed by atoms with E-state index < -0.39 is 10.0 Å². The molecule has 22 heavy (non-hydrogen) atoms. The predicted molar refractivity (Wildman–Crippen MR) is 93.8 cm³/mol. The van der Waals surface area contributed by atoms with Gasteiger partial charge in [-0.1, -0.05) is 35.9 Å². The van der Waals surface area contributed by atoms with E-state index in [9.17, 15) is 13.2 Å². The molecule has 1 heterocycles. The number of benzene rings is 2. The molecule has 112 valence electrons. The fraction of sp³-hybridized carbons (Fsp3) is 0.0625. The number of aldehydes is 1. The van der Waals surface area contributed by atoms with Gasteiger partial charge in [-0.3, -0.25) is 4.79 Å². The molecule has 0 saturated heterocycles. The van der Waals surface area contributed by atoms with Crippen molar-refractivity contribution in [3.8, 4) is 0 Å². The van der Waals surface area contributed by atoms with E-state index in [4.69, 9.17) is 0 Å². The van der Waals surface area contributed by atoms with Gasteiger partial charge in [0.15, 0.2) is 6.29 Å². The number of para-hydroxylation sites is 1. The first-order valence-electron chi connectivity index (χ1n) is 6.53. The van der Waals surface area contributed by atoms with Crippen LogP contribution in [-0.4, -0.2) is 18.7 Å². The third-order valence-corrected chi connectivity index (χ3v) is 6.35. The molecule has 1 aromatic heterocycles. The third kappa shape index (κ3) is 2.26. The molecule has 0 radical (unpaired) electrons. The Balaban J connectivity index is 2.38. The Morgan fingerprint density at radius 2 is 1.68 bits per heavy atom. The molecule has 4 nitrogen and oxygen atoms in total. The summed E-state index contributed by atoms with van der Waals surface area (Å²) in [5.74, 6) is 0. The van der Waals surface area contributed by atoms with E-state index in [-0.39, 0.29) is 10.6 Å². The van der Waals surface area contributed by atoms with Gasteiger partial charge < -0.3 is 0 Å². The first-order chi connectivity index (χ1) is 10.5. The van der Waals surface area contributed by atoms with Crippen LogP contribution in [0.5, 0.6) is 0 Å². The maximum atomic E-state index is 13.0. The number of carbonyl (C=O) groups excluding carboxylic acids is 1. The number of nitrogens with zero attached hydrogens (tertiary/aromatic N) is 1. The number of hydrogen-bond acceptors (Lipinski definition) is 3. The average molecular weight is 425 g/mol. The molecule has 0 unspecified atom stereocenters. The molecule has 0 aliphatic carbocycles. The van der Waals surface area contributed by atoms with Crippen LogP contribution in [0, 0.1) is 10.5 Å². The summed E-state index contributed by atoms with van der Waals surface area (Å²) in [6.07, 6.45) is 0.591. The Kier molecular flexibility index (Phi) is 3.82. The van der Waals surface area contributed by atoms with Gasteiger partial charge in [0, 0.05) is 5.39 Å². The van der Waals surface area contributed by atoms with Gasteiger partial charge >= 0.3 is 0 Å². The van der Waals surface area contributed by atoms with Crippen LogP contribution in [0.25, 0.3) is 10.9 Å². The lowest BCUT2D eigenvalue weighted by molar-refractivity contribution is 0.111. The Bertz CT molecular complexity index is 973. The van der Waals surface area contributed by atoms with Crippen molar-refractivity contribution in [3.63, 3.8) is 0 Å². The molecule has 0 atom stereocenters. The number of rotatable bonds is 3. The lowest BCUT2D eigenvalue weighted by Crippen LogP contribution is -2.15. The van der Waals surface area contributed by atoms with E-state index >= 15 is 0 Å². The Morgan fingerprint density at radius 3 is 2.32 bits per heavy atom. The SMILES string of the molecule is Cc1ccc(S(=O)(=O)n2c(C=O)c(I)c3ccccc32)cc1. The van der Waals surface area contributed by atoms with Gasteiger partial charge in [-0.15, -0.1) is 0 Å². The molecule has 6 heteroatoms. The number of aromatic nitrogens is 1. The van der Waals surface area contributed by atoms with Gasteiger partial charge in [0.25, 0.3) is 10.0 Å². The summed E-state index contributed by atoms with van der Waals surface area (Å²) >= 11 is 2.01. The molecule has 0 N–H and O–H groups in total. The maximum absolute atomic E-state index is 13.0. The van der Waals surface area contributed by atoms with Crippen molar-refractivity contribution in [1.29, 1.82) is 0 Å². The van der Waals surface area contributed by atoms with Crippen molar-refractivity contribution in [1.82, 2.24) is 3.97 Å². The van der Waals surface area contributed by atoms with Crippen LogP contribution < -0.4 is 0 Å². The molecule has 3 aromatic rings. The normalized spacial score (nSPS) is 11.7. The molecule has 0 amide bonds. The maximum Gasteiger partial charge on any atom is 0.268 e. The zero-order chi connectivity index (χ0) is 15.9. The summed E-state index contributed by atoms with van der Waals surface area (Å²) in [6, 6.07) is 13.7. The van der Waals surface area contributed by atoms with Crippen molar-refractivity contribution < 1.29 is 13.2 Å². The van der Waals surface area contributed by atoms with Gasteiger partial charge in [-0.05, 0) is 47.7 Å². The molecular weight excluding hydrogens is 413 g/mol. The fourth-order valence-corrected chi connectivity index (χ4v) is 4.86. The van der Waals surface area contributed by atoms with E-state index in [0.29, 0.717) is 15.4 Å². The van der Waals surface area contributed by atoms with Crippen LogP contribution in [0.3, 0.4) is 0 Å². The van der Waals surface area contributed by atoms with Crippen LogP contribution in [0.1, 0.15) is 16.1 Å². The molecule has 0 bridgehead atoms. The van der Waals surface area contributed by atoms with Gasteiger partial charge in [0.2, 0.25) is 0 Å². The number of carbonyl (C=O) groups is 1. The summed E-state index contributed by atoms with van der Waals surface area (Å²) in [5.41, 5.74) is 1.64. The monoisotopic (exact) mass is 425 g/mol. The Hall–Kier alpha value is -1.67. The molecule has 0 aliphatic heterocycles. The number of halogens is 1. The molecule has 0 aliphatic rings. The highest BCUT2D eigenvalue weighted by Crippen LogP contribution is 2.30. The number of hydrogen-bond donors (Lipinski definition) is 0. The van der Waals surface area contributed by atoms with Crippen molar-refractivity contribution in [3.05, 3.63) is 63.4 Å². The highest BCUT2D eigenvalue weighted by Gasteiger charge is 2.25. The first-order valence-corrected chi connectivity index (χ1v) is 9.05. The fourth-order valence-electron chi connectivity index (χ4n) is 2.37. The van der Waals surface area contributed by atoms with E-state index in [0.717, 1.165) is 14.9 Å². The molecule has 2 aromatic carbocycles. The quantitative estimate of drug-likeness (QED) is 0.476. The van der Waals surface area contributed by atoms with Crippen molar-refractivity contribution in [2.45, 2.75) is 11.8 Å². The standard InChI is InChI=1S/C16H12INO3S/c1-11-6-8-12(9-7-11)22(20,21)18-14-5-3-2-4-13(14)16(17)15(18)10-19/h2-10H,1H3. The van der Waals surface area contributed by atoms with E-state index in [1.165, 1.54) is 0 Å². The zero-order valence-corrected chi connectivity index (χ0v) is 14.6. The summed E-state index contributed by atoms with van der Waals surface area (Å²) in [7, 11) is -3.82. The van der Waals surface area contributed by atoms with Crippen molar-refractivity contribution in [2.24, 2.45) is 0 Å². The average Bonchev–Trinajstić information content (AvgIpc) is 2.81. The van der Waals surface area contributed by atoms with Crippen LogP contribution >= 0.6 is 22.6 Å². The smallest absolute Gasteiger partial charge is 0.268 e. The Labute approximate surface area is 142 Å². The van der Waals surface area contributed by atoms with E-state index in [2.05, 4.69) is 0 Å². The minimum absolute atomic E-state index is 0.155. The first kappa shape index (κ1) is 15.2. The largest absolute Gasteiger partial charge is 0.296 e. The highest BCUT2D eigenvalue weighted by molar-refractivity contribution is 14.1. The van der Waals surface area contributed by atoms with Crippen molar-refractivity contribution >= 4 is 49.8 Å². The van der Waals surface area contributed by atoms with Gasteiger partial charge in [-0.2, -0.15) is 0 Å². The molecule has 3 rings (SSSR count). The van der Waals surface area contributed by atoms with Crippen LogP contribution in [-0.2, 0) is 10.0 Å². The molecular formula is C16H12INO3S. The second-order valence-electron chi connectivity index (χ2n) is 4.92.